The highest BCUT2D eigenvalue weighted by atomic mass is 15.4. The Balaban J connectivity index is 1.69. The third-order valence-corrected chi connectivity index (χ3v) is 3.89. The number of nitrogens with zero attached hydrogens (tertiary/aromatic N) is 5. The van der Waals surface area contributed by atoms with E-state index in [-0.39, 0.29) is 6.04 Å². The van der Waals surface area contributed by atoms with Crippen LogP contribution in [0.15, 0.2) is 24.8 Å². The first-order chi connectivity index (χ1) is 9.84. The topological polar surface area (TPSA) is 68.5 Å². The minimum absolute atomic E-state index is 0.141. The van der Waals surface area contributed by atoms with Gasteiger partial charge in [-0.05, 0) is 38.3 Å². The van der Waals surface area contributed by atoms with Crippen LogP contribution in [-0.4, -0.2) is 31.3 Å². The standard InChI is InChI=1S/C14H20N6/c1-11(17-9-12-5-2-3-6-12)13-18-10-19-20(13)14-15-7-4-8-16-14/h4,7-8,10-12,17H,2-3,5-6,9H2,1H3. The first-order valence-electron chi connectivity index (χ1n) is 7.25. The van der Waals surface area contributed by atoms with Crippen molar-refractivity contribution >= 4 is 0 Å². The second-order valence-corrected chi connectivity index (χ2v) is 5.36. The molecule has 1 fully saturated rings. The third kappa shape index (κ3) is 2.85. The summed E-state index contributed by atoms with van der Waals surface area (Å²) in [5.41, 5.74) is 0. The quantitative estimate of drug-likeness (QED) is 0.900. The highest BCUT2D eigenvalue weighted by Gasteiger charge is 2.19. The lowest BCUT2D eigenvalue weighted by atomic mass is 10.1. The SMILES string of the molecule is CC(NCC1CCCC1)c1ncnn1-c1ncccn1. The zero-order valence-corrected chi connectivity index (χ0v) is 11.7. The lowest BCUT2D eigenvalue weighted by Gasteiger charge is -2.16. The Kier molecular flexibility index (Phi) is 4.01. The van der Waals surface area contributed by atoms with E-state index in [2.05, 4.69) is 32.3 Å². The van der Waals surface area contributed by atoms with Gasteiger partial charge >= 0.3 is 0 Å². The fourth-order valence-corrected chi connectivity index (χ4v) is 2.75. The van der Waals surface area contributed by atoms with Gasteiger partial charge in [-0.3, -0.25) is 0 Å². The molecule has 1 aliphatic carbocycles. The number of hydrogen-bond acceptors (Lipinski definition) is 5. The average Bonchev–Trinajstić information content (AvgIpc) is 3.17. The Hall–Kier alpha value is -1.82. The van der Waals surface area contributed by atoms with Gasteiger partial charge < -0.3 is 5.32 Å². The smallest absolute Gasteiger partial charge is 0.252 e. The molecule has 2 heterocycles. The highest BCUT2D eigenvalue weighted by molar-refractivity contribution is 5.12. The van der Waals surface area contributed by atoms with Crippen LogP contribution < -0.4 is 5.32 Å². The molecule has 6 heteroatoms. The largest absolute Gasteiger partial charge is 0.307 e. The second-order valence-electron chi connectivity index (χ2n) is 5.36. The van der Waals surface area contributed by atoms with Crippen molar-refractivity contribution in [2.24, 2.45) is 5.92 Å². The highest BCUT2D eigenvalue weighted by Crippen LogP contribution is 2.24. The molecule has 3 rings (SSSR count). The number of nitrogens with one attached hydrogen (secondary N) is 1. The minimum atomic E-state index is 0.141. The summed E-state index contributed by atoms with van der Waals surface area (Å²) >= 11 is 0. The van der Waals surface area contributed by atoms with E-state index in [1.165, 1.54) is 25.7 Å². The van der Waals surface area contributed by atoms with Crippen LogP contribution in [0.4, 0.5) is 0 Å². The summed E-state index contributed by atoms with van der Waals surface area (Å²) in [5, 5.41) is 7.79. The molecule has 1 saturated carbocycles. The van der Waals surface area contributed by atoms with Gasteiger partial charge in [0.05, 0.1) is 6.04 Å². The Morgan fingerprint density at radius 2 is 2.00 bits per heavy atom. The van der Waals surface area contributed by atoms with Crippen molar-refractivity contribution in [3.63, 3.8) is 0 Å². The van der Waals surface area contributed by atoms with E-state index < -0.39 is 0 Å². The van der Waals surface area contributed by atoms with Gasteiger partial charge in [0, 0.05) is 12.4 Å². The number of hydrogen-bond donors (Lipinski definition) is 1. The van der Waals surface area contributed by atoms with Gasteiger partial charge in [0.25, 0.3) is 5.95 Å². The summed E-state index contributed by atoms with van der Waals surface area (Å²) in [7, 11) is 0. The molecule has 1 unspecified atom stereocenters. The minimum Gasteiger partial charge on any atom is -0.307 e. The molecule has 0 aromatic carbocycles. The Bertz CT molecular complexity index is 532. The van der Waals surface area contributed by atoms with Crippen LogP contribution in [0.25, 0.3) is 5.95 Å². The fourth-order valence-electron chi connectivity index (χ4n) is 2.75. The summed E-state index contributed by atoms with van der Waals surface area (Å²) in [6, 6.07) is 1.93. The van der Waals surface area contributed by atoms with Gasteiger partial charge in [0.1, 0.15) is 6.33 Å². The van der Waals surface area contributed by atoms with E-state index in [4.69, 9.17) is 0 Å². The van der Waals surface area contributed by atoms with Crippen molar-refractivity contribution in [1.82, 2.24) is 30.0 Å². The molecule has 6 nitrogen and oxygen atoms in total. The third-order valence-electron chi connectivity index (χ3n) is 3.89. The molecule has 0 radical (unpaired) electrons. The summed E-state index contributed by atoms with van der Waals surface area (Å²) in [5.74, 6) is 2.23. The van der Waals surface area contributed by atoms with E-state index in [1.54, 1.807) is 29.5 Å². The van der Waals surface area contributed by atoms with Gasteiger partial charge in [-0.15, -0.1) is 0 Å². The Morgan fingerprint density at radius 3 is 2.75 bits per heavy atom. The Labute approximate surface area is 118 Å². The van der Waals surface area contributed by atoms with Gasteiger partial charge in [-0.2, -0.15) is 9.78 Å². The summed E-state index contributed by atoms with van der Waals surface area (Å²) < 4.78 is 1.70. The van der Waals surface area contributed by atoms with Gasteiger partial charge in [-0.25, -0.2) is 15.0 Å². The van der Waals surface area contributed by atoms with Crippen LogP contribution in [-0.2, 0) is 0 Å². The molecule has 1 N–H and O–H groups in total. The summed E-state index contributed by atoms with van der Waals surface area (Å²) in [6.45, 7) is 3.15. The maximum atomic E-state index is 4.35. The van der Waals surface area contributed by atoms with E-state index in [1.807, 2.05) is 0 Å². The van der Waals surface area contributed by atoms with Crippen molar-refractivity contribution in [3.05, 3.63) is 30.6 Å². The zero-order valence-electron chi connectivity index (χ0n) is 11.7. The molecule has 0 aliphatic heterocycles. The van der Waals surface area contributed by atoms with E-state index in [0.717, 1.165) is 18.3 Å². The molecule has 2 aromatic heterocycles. The van der Waals surface area contributed by atoms with Crippen LogP contribution >= 0.6 is 0 Å². The normalized spacial score (nSPS) is 17.4. The maximum Gasteiger partial charge on any atom is 0.252 e. The first kappa shape index (κ1) is 13.2. The van der Waals surface area contributed by atoms with Crippen LogP contribution in [0.1, 0.15) is 44.5 Å². The second kappa shape index (κ2) is 6.09. The molecule has 0 amide bonds. The maximum absolute atomic E-state index is 4.35. The summed E-state index contributed by atoms with van der Waals surface area (Å²) in [6.07, 6.45) is 10.4. The first-order valence-corrected chi connectivity index (χ1v) is 7.25. The van der Waals surface area contributed by atoms with Crippen LogP contribution in [0, 0.1) is 5.92 Å². The van der Waals surface area contributed by atoms with E-state index >= 15 is 0 Å². The van der Waals surface area contributed by atoms with E-state index in [0.29, 0.717) is 5.95 Å². The lowest BCUT2D eigenvalue weighted by molar-refractivity contribution is 0.438. The molecule has 0 saturated heterocycles. The van der Waals surface area contributed by atoms with Crippen molar-refractivity contribution in [2.45, 2.75) is 38.6 Å². The molecular formula is C14H20N6. The van der Waals surface area contributed by atoms with Crippen molar-refractivity contribution < 1.29 is 0 Å². The molecule has 1 aliphatic rings. The number of aromatic nitrogens is 5. The molecule has 106 valence electrons. The van der Waals surface area contributed by atoms with Gasteiger partial charge in [0.15, 0.2) is 5.82 Å². The van der Waals surface area contributed by atoms with Crippen LogP contribution in [0.2, 0.25) is 0 Å². The van der Waals surface area contributed by atoms with Crippen molar-refractivity contribution in [2.75, 3.05) is 6.54 Å². The average molecular weight is 272 g/mol. The number of rotatable bonds is 5. The van der Waals surface area contributed by atoms with Crippen LogP contribution in [0.3, 0.4) is 0 Å². The van der Waals surface area contributed by atoms with Crippen molar-refractivity contribution in [3.8, 4) is 5.95 Å². The molecular weight excluding hydrogens is 252 g/mol. The lowest BCUT2D eigenvalue weighted by Crippen LogP contribution is -2.27. The van der Waals surface area contributed by atoms with Crippen molar-refractivity contribution in [1.29, 1.82) is 0 Å². The monoisotopic (exact) mass is 272 g/mol. The van der Waals surface area contributed by atoms with Crippen LogP contribution in [0.5, 0.6) is 0 Å². The molecule has 0 spiro atoms. The molecule has 1 atom stereocenters. The molecule has 20 heavy (non-hydrogen) atoms. The summed E-state index contributed by atoms with van der Waals surface area (Å²) in [4.78, 5) is 12.8. The predicted molar refractivity (Wildman–Crippen MR) is 75.3 cm³/mol. The molecule has 2 aromatic rings. The fraction of sp³-hybridized carbons (Fsp3) is 0.571. The molecule has 0 bridgehead atoms. The Morgan fingerprint density at radius 1 is 1.25 bits per heavy atom. The zero-order chi connectivity index (χ0) is 13.8. The van der Waals surface area contributed by atoms with Gasteiger partial charge in [-0.1, -0.05) is 12.8 Å². The van der Waals surface area contributed by atoms with Gasteiger partial charge in [0.2, 0.25) is 0 Å². The predicted octanol–water partition coefficient (Wildman–Crippen LogP) is 1.90. The van der Waals surface area contributed by atoms with E-state index in [9.17, 15) is 0 Å².